The van der Waals surface area contributed by atoms with Gasteiger partial charge in [-0.15, -0.1) is 0 Å². The predicted molar refractivity (Wildman–Crippen MR) is 95.2 cm³/mol. The van der Waals surface area contributed by atoms with E-state index in [9.17, 15) is 14.7 Å². The van der Waals surface area contributed by atoms with Crippen LogP contribution >= 0.6 is 0 Å². The number of carbonyl (C=O) groups is 2. The summed E-state index contributed by atoms with van der Waals surface area (Å²) in [4.78, 5) is 23.5. The highest BCUT2D eigenvalue weighted by Crippen LogP contribution is 2.32. The summed E-state index contributed by atoms with van der Waals surface area (Å²) in [5.41, 5.74) is 1.93. The van der Waals surface area contributed by atoms with Gasteiger partial charge < -0.3 is 19.9 Å². The molecule has 0 fully saturated rings. The van der Waals surface area contributed by atoms with Crippen molar-refractivity contribution in [1.29, 1.82) is 0 Å². The van der Waals surface area contributed by atoms with E-state index in [2.05, 4.69) is 5.32 Å². The van der Waals surface area contributed by atoms with Gasteiger partial charge in [-0.25, -0.2) is 0 Å². The molecule has 1 aliphatic heterocycles. The lowest BCUT2D eigenvalue weighted by Gasteiger charge is -2.13. The number of amides is 1. The lowest BCUT2D eigenvalue weighted by Crippen LogP contribution is -2.30. The number of ether oxygens (including phenoxy) is 2. The highest BCUT2D eigenvalue weighted by Gasteiger charge is 2.21. The van der Waals surface area contributed by atoms with Crippen molar-refractivity contribution in [3.63, 3.8) is 0 Å². The summed E-state index contributed by atoms with van der Waals surface area (Å²) in [7, 11) is 0. The summed E-state index contributed by atoms with van der Waals surface area (Å²) in [5.74, 6) is -0.512. The van der Waals surface area contributed by atoms with Gasteiger partial charge >= 0.3 is 5.97 Å². The number of hydrogen-bond acceptors (Lipinski definition) is 4. The zero-order chi connectivity index (χ0) is 18.4. The smallest absolute Gasteiger partial charge is 0.307 e. The van der Waals surface area contributed by atoms with Crippen LogP contribution in [0.4, 0.5) is 0 Å². The van der Waals surface area contributed by atoms with Crippen molar-refractivity contribution < 1.29 is 24.2 Å². The normalized spacial score (nSPS) is 13.2. The molecule has 0 saturated carbocycles. The van der Waals surface area contributed by atoms with Gasteiger partial charge in [0.15, 0.2) is 11.5 Å². The van der Waals surface area contributed by atoms with Gasteiger partial charge in [0.25, 0.3) is 0 Å². The molecule has 1 amide bonds. The van der Waals surface area contributed by atoms with E-state index in [-0.39, 0.29) is 19.1 Å². The summed E-state index contributed by atoms with van der Waals surface area (Å²) in [6.45, 7) is 0.670. The molecule has 0 aliphatic carbocycles. The highest BCUT2D eigenvalue weighted by molar-refractivity contribution is 5.82. The molecule has 0 radical (unpaired) electrons. The van der Waals surface area contributed by atoms with Crippen LogP contribution in [0.5, 0.6) is 11.5 Å². The Balaban J connectivity index is 1.47. The van der Waals surface area contributed by atoms with E-state index < -0.39 is 11.9 Å². The number of hydrogen-bond donors (Lipinski definition) is 2. The summed E-state index contributed by atoms with van der Waals surface area (Å²) in [6.07, 6.45) is 0.940. The molecule has 0 unspecified atom stereocenters. The van der Waals surface area contributed by atoms with E-state index in [0.29, 0.717) is 25.1 Å². The molecular formula is C20H21NO5. The van der Waals surface area contributed by atoms with Gasteiger partial charge in [-0.1, -0.05) is 36.4 Å². The van der Waals surface area contributed by atoms with Crippen molar-refractivity contribution in [1.82, 2.24) is 5.32 Å². The van der Waals surface area contributed by atoms with Crippen molar-refractivity contribution in [3.8, 4) is 11.5 Å². The standard InChI is InChI=1S/C20H21NO5/c22-19(12-16(20(23)24)10-14-4-2-1-3-5-14)21-9-8-15-6-7-17-18(11-15)26-13-25-17/h1-7,11,16H,8-10,12-13H2,(H,21,22)(H,23,24)/t16-/m1/s1. The Morgan fingerprint density at radius 1 is 1.04 bits per heavy atom. The minimum atomic E-state index is -0.959. The number of rotatable bonds is 8. The topological polar surface area (TPSA) is 84.9 Å². The molecule has 3 rings (SSSR count). The maximum Gasteiger partial charge on any atom is 0.307 e. The van der Waals surface area contributed by atoms with E-state index in [1.54, 1.807) is 0 Å². The van der Waals surface area contributed by atoms with Gasteiger partial charge in [0, 0.05) is 13.0 Å². The molecule has 26 heavy (non-hydrogen) atoms. The van der Waals surface area contributed by atoms with Crippen molar-refractivity contribution >= 4 is 11.9 Å². The first-order chi connectivity index (χ1) is 12.6. The number of aliphatic carboxylic acids is 1. The second-order valence-electron chi connectivity index (χ2n) is 6.22. The molecule has 0 aromatic heterocycles. The highest BCUT2D eigenvalue weighted by atomic mass is 16.7. The number of carbonyl (C=O) groups excluding carboxylic acids is 1. The van der Waals surface area contributed by atoms with Gasteiger partial charge in [-0.3, -0.25) is 9.59 Å². The van der Waals surface area contributed by atoms with Crippen molar-refractivity contribution in [2.24, 2.45) is 5.92 Å². The monoisotopic (exact) mass is 355 g/mol. The van der Waals surface area contributed by atoms with Crippen molar-refractivity contribution in [3.05, 3.63) is 59.7 Å². The fourth-order valence-electron chi connectivity index (χ4n) is 2.88. The minimum absolute atomic E-state index is 0.0363. The average molecular weight is 355 g/mol. The quantitative estimate of drug-likeness (QED) is 0.760. The van der Waals surface area contributed by atoms with Crippen LogP contribution in [0.3, 0.4) is 0 Å². The average Bonchev–Trinajstić information content (AvgIpc) is 3.10. The summed E-state index contributed by atoms with van der Waals surface area (Å²) >= 11 is 0. The fourth-order valence-corrected chi connectivity index (χ4v) is 2.88. The number of carboxylic acid groups (broad SMARTS) is 1. The first-order valence-electron chi connectivity index (χ1n) is 8.54. The molecule has 2 aromatic rings. The molecule has 6 heteroatoms. The zero-order valence-electron chi connectivity index (χ0n) is 14.3. The first-order valence-corrected chi connectivity index (χ1v) is 8.54. The molecule has 6 nitrogen and oxygen atoms in total. The molecule has 136 valence electrons. The van der Waals surface area contributed by atoms with E-state index in [1.165, 1.54) is 0 Å². The Bertz CT molecular complexity index is 775. The van der Waals surface area contributed by atoms with Gasteiger partial charge in [0.05, 0.1) is 5.92 Å². The van der Waals surface area contributed by atoms with Gasteiger partial charge in [-0.2, -0.15) is 0 Å². The molecule has 1 heterocycles. The van der Waals surface area contributed by atoms with E-state index in [1.807, 2.05) is 48.5 Å². The molecular weight excluding hydrogens is 334 g/mol. The number of fused-ring (bicyclic) bond motifs is 1. The largest absolute Gasteiger partial charge is 0.481 e. The van der Waals surface area contributed by atoms with Crippen LogP contribution in [0, 0.1) is 5.92 Å². The van der Waals surface area contributed by atoms with Gasteiger partial charge in [-0.05, 0) is 36.1 Å². The van der Waals surface area contributed by atoms with Crippen LogP contribution in [0.15, 0.2) is 48.5 Å². The molecule has 2 N–H and O–H groups in total. The third-order valence-electron chi connectivity index (χ3n) is 4.28. The van der Waals surface area contributed by atoms with Gasteiger partial charge in [0.1, 0.15) is 0 Å². The molecule has 0 saturated heterocycles. The Morgan fingerprint density at radius 3 is 2.58 bits per heavy atom. The number of nitrogens with one attached hydrogen (secondary N) is 1. The Hall–Kier alpha value is -3.02. The maximum atomic E-state index is 12.1. The SMILES string of the molecule is O=C(C[C@@H](Cc1ccccc1)C(=O)O)NCCc1ccc2c(c1)OCO2. The van der Waals surface area contributed by atoms with Crippen LogP contribution in [-0.4, -0.2) is 30.3 Å². The molecule has 1 atom stereocenters. The van der Waals surface area contributed by atoms with Crippen LogP contribution in [0.2, 0.25) is 0 Å². The summed E-state index contributed by atoms with van der Waals surface area (Å²) < 4.78 is 10.6. The lowest BCUT2D eigenvalue weighted by atomic mass is 9.96. The summed E-state index contributed by atoms with van der Waals surface area (Å²) in [5, 5.41) is 12.2. The van der Waals surface area contributed by atoms with Crippen molar-refractivity contribution in [2.45, 2.75) is 19.3 Å². The Morgan fingerprint density at radius 2 is 1.81 bits per heavy atom. The third kappa shape index (κ3) is 4.75. The fraction of sp³-hybridized carbons (Fsp3) is 0.300. The summed E-state index contributed by atoms with van der Waals surface area (Å²) in [6, 6.07) is 15.0. The van der Waals surface area contributed by atoms with Crippen LogP contribution < -0.4 is 14.8 Å². The zero-order valence-corrected chi connectivity index (χ0v) is 14.3. The van der Waals surface area contributed by atoms with E-state index >= 15 is 0 Å². The second kappa shape index (κ2) is 8.38. The second-order valence-corrected chi connectivity index (χ2v) is 6.22. The third-order valence-corrected chi connectivity index (χ3v) is 4.28. The van der Waals surface area contributed by atoms with Crippen LogP contribution in [0.25, 0.3) is 0 Å². The minimum Gasteiger partial charge on any atom is -0.481 e. The number of carboxylic acids is 1. The van der Waals surface area contributed by atoms with E-state index in [4.69, 9.17) is 9.47 Å². The van der Waals surface area contributed by atoms with Crippen LogP contribution in [-0.2, 0) is 22.4 Å². The van der Waals surface area contributed by atoms with Crippen molar-refractivity contribution in [2.75, 3.05) is 13.3 Å². The number of benzene rings is 2. The van der Waals surface area contributed by atoms with Gasteiger partial charge in [0.2, 0.25) is 12.7 Å². The maximum absolute atomic E-state index is 12.1. The Kier molecular flexibility index (Phi) is 5.73. The Labute approximate surface area is 151 Å². The lowest BCUT2D eigenvalue weighted by molar-refractivity contribution is -0.144. The molecule has 2 aromatic carbocycles. The molecule has 0 spiro atoms. The molecule has 1 aliphatic rings. The predicted octanol–water partition coefficient (Wildman–Crippen LogP) is 2.41. The molecule has 0 bridgehead atoms. The van der Waals surface area contributed by atoms with Crippen LogP contribution in [0.1, 0.15) is 17.5 Å². The first kappa shape index (κ1) is 17.8. The van der Waals surface area contributed by atoms with E-state index in [0.717, 1.165) is 16.9 Å².